The molecule has 0 unspecified atom stereocenters. The molecule has 1 N–H and O–H groups in total. The van der Waals surface area contributed by atoms with E-state index >= 15 is 0 Å². The summed E-state index contributed by atoms with van der Waals surface area (Å²) in [5.74, 6) is 1.01. The molecule has 0 aliphatic heterocycles. The van der Waals surface area contributed by atoms with E-state index in [2.05, 4.69) is 26.6 Å². The van der Waals surface area contributed by atoms with Crippen LogP contribution in [0.1, 0.15) is 25.5 Å². The average Bonchev–Trinajstić information content (AvgIpc) is 3.09. The summed E-state index contributed by atoms with van der Waals surface area (Å²) in [7, 11) is 1.73. The Labute approximate surface area is 167 Å². The van der Waals surface area contributed by atoms with Gasteiger partial charge in [-0.1, -0.05) is 0 Å². The van der Waals surface area contributed by atoms with Crippen molar-refractivity contribution in [2.45, 2.75) is 25.9 Å². The van der Waals surface area contributed by atoms with Gasteiger partial charge in [-0.3, -0.25) is 0 Å². The number of nitriles is 1. The predicted octanol–water partition coefficient (Wildman–Crippen LogP) is 4.83. The van der Waals surface area contributed by atoms with Gasteiger partial charge in [0.15, 0.2) is 5.82 Å². The van der Waals surface area contributed by atoms with E-state index in [1.165, 1.54) is 12.4 Å². The number of anilines is 1. The van der Waals surface area contributed by atoms with Gasteiger partial charge in [-0.25, -0.2) is 4.98 Å². The second-order valence-corrected chi connectivity index (χ2v) is 6.59. The van der Waals surface area contributed by atoms with Crippen molar-refractivity contribution >= 4 is 5.82 Å². The SMILES string of the molecule is Cc1cc(-c2cc(C(F)(F)F)ccc2-c2nncn2C)cc(NCCCC#N)n1.[HH]. The van der Waals surface area contributed by atoms with Crippen molar-refractivity contribution in [1.82, 2.24) is 19.7 Å². The van der Waals surface area contributed by atoms with Crippen LogP contribution in [0.25, 0.3) is 22.5 Å². The molecule has 0 spiro atoms. The van der Waals surface area contributed by atoms with Crippen LogP contribution in [0.3, 0.4) is 0 Å². The molecule has 0 amide bonds. The van der Waals surface area contributed by atoms with Gasteiger partial charge in [-0.2, -0.15) is 18.4 Å². The van der Waals surface area contributed by atoms with E-state index in [1.54, 1.807) is 30.7 Å². The highest BCUT2D eigenvalue weighted by Gasteiger charge is 2.31. The maximum atomic E-state index is 13.4. The highest BCUT2D eigenvalue weighted by molar-refractivity contribution is 5.82. The molecule has 0 fully saturated rings. The molecular weight excluding hydrogens is 381 g/mol. The fraction of sp³-hybridized carbons (Fsp3) is 0.300. The van der Waals surface area contributed by atoms with Crippen LogP contribution < -0.4 is 5.32 Å². The Hall–Kier alpha value is -3.41. The van der Waals surface area contributed by atoms with Gasteiger partial charge >= 0.3 is 6.18 Å². The number of pyridine rings is 1. The first-order chi connectivity index (χ1) is 13.8. The number of rotatable bonds is 6. The zero-order valence-electron chi connectivity index (χ0n) is 16.0. The van der Waals surface area contributed by atoms with Gasteiger partial charge in [0.2, 0.25) is 0 Å². The van der Waals surface area contributed by atoms with Crippen LogP contribution in [-0.2, 0) is 13.2 Å². The summed E-state index contributed by atoms with van der Waals surface area (Å²) in [6.07, 6.45) is -1.91. The summed E-state index contributed by atoms with van der Waals surface area (Å²) < 4.78 is 41.7. The van der Waals surface area contributed by atoms with Crippen molar-refractivity contribution in [2.75, 3.05) is 11.9 Å². The summed E-state index contributed by atoms with van der Waals surface area (Å²) in [5, 5.41) is 19.6. The maximum Gasteiger partial charge on any atom is 0.416 e. The number of benzene rings is 1. The first-order valence-corrected chi connectivity index (χ1v) is 8.95. The first kappa shape index (κ1) is 20.3. The smallest absolute Gasteiger partial charge is 0.370 e. The number of nitrogens with one attached hydrogen (secondary N) is 1. The fourth-order valence-electron chi connectivity index (χ4n) is 2.98. The van der Waals surface area contributed by atoms with Crippen LogP contribution in [-0.4, -0.2) is 26.3 Å². The lowest BCUT2D eigenvalue weighted by molar-refractivity contribution is -0.137. The van der Waals surface area contributed by atoms with Crippen molar-refractivity contribution in [3.8, 4) is 28.6 Å². The Balaban J connectivity index is 0.00000320. The lowest BCUT2D eigenvalue weighted by Gasteiger charge is -2.15. The highest BCUT2D eigenvalue weighted by atomic mass is 19.4. The molecule has 0 radical (unpaired) electrons. The van der Waals surface area contributed by atoms with E-state index in [1.807, 2.05) is 0 Å². The molecule has 0 aliphatic carbocycles. The summed E-state index contributed by atoms with van der Waals surface area (Å²) >= 11 is 0. The molecule has 2 heterocycles. The Morgan fingerprint density at radius 3 is 2.66 bits per heavy atom. The third kappa shape index (κ3) is 4.71. The number of aryl methyl sites for hydroxylation is 2. The van der Waals surface area contributed by atoms with Crippen LogP contribution in [0, 0.1) is 18.3 Å². The molecule has 0 saturated carbocycles. The van der Waals surface area contributed by atoms with Crippen LogP contribution in [0.2, 0.25) is 0 Å². The predicted molar refractivity (Wildman–Crippen MR) is 105 cm³/mol. The maximum absolute atomic E-state index is 13.4. The Kier molecular flexibility index (Phi) is 5.82. The second kappa shape index (κ2) is 8.31. The monoisotopic (exact) mass is 402 g/mol. The van der Waals surface area contributed by atoms with E-state index < -0.39 is 11.7 Å². The Morgan fingerprint density at radius 1 is 1.21 bits per heavy atom. The lowest BCUT2D eigenvalue weighted by atomic mass is 9.96. The van der Waals surface area contributed by atoms with E-state index in [0.717, 1.165) is 12.1 Å². The van der Waals surface area contributed by atoms with Crippen molar-refractivity contribution in [2.24, 2.45) is 7.05 Å². The summed E-state index contributed by atoms with van der Waals surface area (Å²) in [6.45, 7) is 2.32. The number of hydrogen-bond acceptors (Lipinski definition) is 5. The average molecular weight is 402 g/mol. The Morgan fingerprint density at radius 2 is 2.00 bits per heavy atom. The molecular formula is C20H21F3N6. The summed E-state index contributed by atoms with van der Waals surface area (Å²) in [6, 6.07) is 9.09. The van der Waals surface area contributed by atoms with Crippen molar-refractivity contribution in [1.29, 1.82) is 5.26 Å². The summed E-state index contributed by atoms with van der Waals surface area (Å²) in [4.78, 5) is 4.39. The number of alkyl halides is 3. The molecule has 3 rings (SSSR count). The number of hydrogen-bond donors (Lipinski definition) is 1. The van der Waals surface area contributed by atoms with Gasteiger partial charge in [0.1, 0.15) is 12.1 Å². The molecule has 152 valence electrons. The Bertz CT molecular complexity index is 1060. The minimum absolute atomic E-state index is 0. The number of halogens is 3. The number of unbranched alkanes of at least 4 members (excludes halogenated alkanes) is 1. The molecule has 9 heteroatoms. The van der Waals surface area contributed by atoms with Crippen LogP contribution >= 0.6 is 0 Å². The molecule has 6 nitrogen and oxygen atoms in total. The second-order valence-electron chi connectivity index (χ2n) is 6.59. The molecule has 1 aromatic carbocycles. The largest absolute Gasteiger partial charge is 0.416 e. The third-order valence-corrected chi connectivity index (χ3v) is 4.34. The van der Waals surface area contributed by atoms with Gasteiger partial charge in [0, 0.05) is 32.7 Å². The summed E-state index contributed by atoms with van der Waals surface area (Å²) in [5.41, 5.74) is 1.44. The quantitative estimate of drug-likeness (QED) is 0.597. The molecule has 29 heavy (non-hydrogen) atoms. The third-order valence-electron chi connectivity index (χ3n) is 4.34. The minimum atomic E-state index is -4.46. The standard InChI is InChI=1S/C20H19F3N6.H2/c1-13-9-14(10-18(27-13)25-8-4-3-7-24)17-11-15(20(21,22)23)5-6-16(17)19-28-26-12-29(19)2;/h5-6,9-12H,3-4,8H2,1-2H3,(H,25,27);1H. The normalized spacial score (nSPS) is 11.3. The van der Waals surface area contributed by atoms with Crippen LogP contribution in [0.15, 0.2) is 36.7 Å². The molecule has 0 atom stereocenters. The molecule has 2 aromatic heterocycles. The van der Waals surface area contributed by atoms with Gasteiger partial charge in [0.05, 0.1) is 11.6 Å². The number of aromatic nitrogens is 4. The highest BCUT2D eigenvalue weighted by Crippen LogP contribution is 2.38. The molecule has 3 aromatic rings. The van der Waals surface area contributed by atoms with E-state index in [0.29, 0.717) is 53.4 Å². The molecule has 0 aliphatic rings. The van der Waals surface area contributed by atoms with Gasteiger partial charge < -0.3 is 9.88 Å². The van der Waals surface area contributed by atoms with Crippen molar-refractivity contribution < 1.29 is 14.6 Å². The van der Waals surface area contributed by atoms with Crippen molar-refractivity contribution in [3.63, 3.8) is 0 Å². The number of nitrogens with zero attached hydrogens (tertiary/aromatic N) is 5. The van der Waals surface area contributed by atoms with E-state index in [4.69, 9.17) is 5.26 Å². The topological polar surface area (TPSA) is 79.4 Å². The zero-order valence-corrected chi connectivity index (χ0v) is 16.0. The van der Waals surface area contributed by atoms with E-state index in [-0.39, 0.29) is 1.43 Å². The van der Waals surface area contributed by atoms with Gasteiger partial charge in [0.25, 0.3) is 0 Å². The van der Waals surface area contributed by atoms with Crippen LogP contribution in [0.5, 0.6) is 0 Å². The first-order valence-electron chi connectivity index (χ1n) is 8.95. The van der Waals surface area contributed by atoms with Gasteiger partial charge in [-0.15, -0.1) is 10.2 Å². The van der Waals surface area contributed by atoms with Crippen LogP contribution in [0.4, 0.5) is 19.0 Å². The van der Waals surface area contributed by atoms with Crippen molar-refractivity contribution in [3.05, 3.63) is 47.9 Å². The lowest BCUT2D eigenvalue weighted by Crippen LogP contribution is -2.07. The zero-order chi connectivity index (χ0) is 21.0. The van der Waals surface area contributed by atoms with E-state index in [9.17, 15) is 13.2 Å². The molecule has 0 bridgehead atoms. The fourth-order valence-corrected chi connectivity index (χ4v) is 2.98. The molecule has 0 saturated heterocycles. The van der Waals surface area contributed by atoms with Gasteiger partial charge in [-0.05, 0) is 54.8 Å². The minimum Gasteiger partial charge on any atom is -0.370 e.